The van der Waals surface area contributed by atoms with Gasteiger partial charge in [0.1, 0.15) is 16.0 Å². The van der Waals surface area contributed by atoms with Crippen molar-refractivity contribution in [1.82, 2.24) is 15.0 Å². The molecule has 0 spiro atoms. The second-order valence-corrected chi connectivity index (χ2v) is 7.28. The Morgan fingerprint density at radius 1 is 1.19 bits per heavy atom. The van der Waals surface area contributed by atoms with Gasteiger partial charge in [-0.25, -0.2) is 15.0 Å². The summed E-state index contributed by atoms with van der Waals surface area (Å²) < 4.78 is 2.17. The number of aryl methyl sites for hydroxylation is 1. The number of hydrogen-bond acceptors (Lipinski definition) is 5. The Bertz CT molecular complexity index is 753. The minimum absolute atomic E-state index is 0.539. The van der Waals surface area contributed by atoms with Crippen LogP contribution in [0.4, 0.5) is 0 Å². The highest BCUT2D eigenvalue weighted by Crippen LogP contribution is 2.36. The Morgan fingerprint density at radius 2 is 2.00 bits per heavy atom. The lowest BCUT2D eigenvalue weighted by molar-refractivity contribution is 0.801. The largest absolute Gasteiger partial charge is 0.229 e. The van der Waals surface area contributed by atoms with E-state index in [0.29, 0.717) is 5.15 Å². The third-order valence-corrected chi connectivity index (χ3v) is 5.58. The first-order valence-electron chi connectivity index (χ1n) is 6.74. The molecule has 0 N–H and O–H groups in total. The summed E-state index contributed by atoms with van der Waals surface area (Å²) in [5.41, 5.74) is 1.94. The zero-order valence-corrected chi connectivity index (χ0v) is 14.1. The Kier molecular flexibility index (Phi) is 4.42. The number of fused-ring (bicyclic) bond motifs is 1. The van der Waals surface area contributed by atoms with Crippen LogP contribution in [0.2, 0.25) is 5.15 Å². The first kappa shape index (κ1) is 14.8. The minimum Gasteiger partial charge on any atom is -0.229 e. The Morgan fingerprint density at radius 3 is 2.76 bits per heavy atom. The van der Waals surface area contributed by atoms with Gasteiger partial charge in [0.25, 0.3) is 0 Å². The van der Waals surface area contributed by atoms with Crippen LogP contribution in [0, 0.1) is 6.92 Å². The van der Waals surface area contributed by atoms with E-state index in [9.17, 15) is 0 Å². The average Bonchev–Trinajstić information content (AvgIpc) is 2.87. The van der Waals surface area contributed by atoms with E-state index in [4.69, 9.17) is 11.6 Å². The van der Waals surface area contributed by atoms with Crippen LogP contribution in [0.25, 0.3) is 10.2 Å². The summed E-state index contributed by atoms with van der Waals surface area (Å²) in [7, 11) is 0. The molecule has 2 aromatic heterocycles. The predicted octanol–water partition coefficient (Wildman–Crippen LogP) is 5.15. The highest BCUT2D eigenvalue weighted by molar-refractivity contribution is 8.01. The van der Waals surface area contributed by atoms with Crippen LogP contribution in [0.1, 0.15) is 24.7 Å². The third-order valence-electron chi connectivity index (χ3n) is 3.02. The lowest BCUT2D eigenvalue weighted by Crippen LogP contribution is -1.99. The monoisotopic (exact) mass is 335 g/mol. The van der Waals surface area contributed by atoms with Crippen molar-refractivity contribution in [3.8, 4) is 0 Å². The van der Waals surface area contributed by atoms with Gasteiger partial charge in [0.05, 0.1) is 10.2 Å². The number of benzene rings is 1. The molecule has 0 aliphatic carbocycles. The molecule has 0 fully saturated rings. The molecule has 21 heavy (non-hydrogen) atoms. The zero-order valence-electron chi connectivity index (χ0n) is 11.8. The van der Waals surface area contributed by atoms with Crippen LogP contribution in [0.3, 0.4) is 0 Å². The van der Waals surface area contributed by atoms with E-state index in [0.717, 1.165) is 39.1 Å². The number of halogens is 1. The summed E-state index contributed by atoms with van der Waals surface area (Å²) in [6.45, 7) is 4.06. The molecule has 3 aromatic rings. The predicted molar refractivity (Wildman–Crippen MR) is 89.5 cm³/mol. The van der Waals surface area contributed by atoms with Crippen molar-refractivity contribution in [2.75, 3.05) is 0 Å². The van der Waals surface area contributed by atoms with Gasteiger partial charge in [0, 0.05) is 12.0 Å². The molecule has 0 bridgehead atoms. The van der Waals surface area contributed by atoms with Gasteiger partial charge in [-0.15, -0.1) is 11.3 Å². The average molecular weight is 336 g/mol. The van der Waals surface area contributed by atoms with Gasteiger partial charge >= 0.3 is 0 Å². The molecule has 3 nitrogen and oxygen atoms in total. The van der Waals surface area contributed by atoms with Crippen molar-refractivity contribution in [3.63, 3.8) is 0 Å². The molecule has 0 atom stereocenters. The molecular weight excluding hydrogens is 322 g/mol. The smallest absolute Gasteiger partial charge is 0.157 e. The molecule has 0 saturated carbocycles. The van der Waals surface area contributed by atoms with Gasteiger partial charge in [0.15, 0.2) is 4.34 Å². The van der Waals surface area contributed by atoms with Crippen LogP contribution >= 0.6 is 34.7 Å². The van der Waals surface area contributed by atoms with E-state index in [1.54, 1.807) is 23.1 Å². The quantitative estimate of drug-likeness (QED) is 0.618. The van der Waals surface area contributed by atoms with Crippen LogP contribution in [0.5, 0.6) is 0 Å². The summed E-state index contributed by atoms with van der Waals surface area (Å²) >= 11 is 9.46. The molecule has 0 amide bonds. The van der Waals surface area contributed by atoms with Gasteiger partial charge in [-0.2, -0.15) is 0 Å². The number of hydrogen-bond donors (Lipinski definition) is 0. The normalized spacial score (nSPS) is 11.2. The zero-order chi connectivity index (χ0) is 14.8. The summed E-state index contributed by atoms with van der Waals surface area (Å²) in [6, 6.07) is 8.14. The topological polar surface area (TPSA) is 38.7 Å². The SMILES string of the molecule is CCCc1nc(Cl)c(C)c(Sc2nc3ccccc3s2)n1. The Labute approximate surface area is 136 Å². The molecule has 0 aliphatic rings. The molecule has 3 rings (SSSR count). The first-order chi connectivity index (χ1) is 10.2. The lowest BCUT2D eigenvalue weighted by atomic mass is 10.3. The first-order valence-corrected chi connectivity index (χ1v) is 8.75. The number of nitrogens with zero attached hydrogens (tertiary/aromatic N) is 3. The standard InChI is InChI=1S/C15H14ClN3S2/c1-3-6-12-18-13(16)9(2)14(19-12)21-15-17-10-7-4-5-8-11(10)20-15/h4-5,7-8H,3,6H2,1-2H3. The van der Waals surface area contributed by atoms with Gasteiger partial charge in [-0.3, -0.25) is 0 Å². The maximum absolute atomic E-state index is 6.22. The molecule has 0 radical (unpaired) electrons. The van der Waals surface area contributed by atoms with Crippen molar-refractivity contribution in [1.29, 1.82) is 0 Å². The second-order valence-electron chi connectivity index (χ2n) is 4.66. The Balaban J connectivity index is 1.96. The van der Waals surface area contributed by atoms with E-state index in [1.807, 2.05) is 25.1 Å². The van der Waals surface area contributed by atoms with Gasteiger partial charge < -0.3 is 0 Å². The van der Waals surface area contributed by atoms with Crippen LogP contribution < -0.4 is 0 Å². The van der Waals surface area contributed by atoms with Gasteiger partial charge in [-0.1, -0.05) is 30.7 Å². The van der Waals surface area contributed by atoms with Crippen molar-refractivity contribution in [3.05, 3.63) is 40.8 Å². The Hall–Kier alpha value is -1.17. The van der Waals surface area contributed by atoms with Crippen molar-refractivity contribution < 1.29 is 0 Å². The lowest BCUT2D eigenvalue weighted by Gasteiger charge is -2.06. The molecule has 1 aromatic carbocycles. The maximum Gasteiger partial charge on any atom is 0.157 e. The molecular formula is C15H14ClN3S2. The second kappa shape index (κ2) is 6.30. The molecule has 6 heteroatoms. The molecule has 0 aliphatic heterocycles. The summed E-state index contributed by atoms with van der Waals surface area (Å²) in [6.07, 6.45) is 1.85. The highest BCUT2D eigenvalue weighted by Gasteiger charge is 2.13. The van der Waals surface area contributed by atoms with E-state index >= 15 is 0 Å². The van der Waals surface area contributed by atoms with E-state index in [1.165, 1.54) is 4.70 Å². The van der Waals surface area contributed by atoms with Crippen LogP contribution in [0.15, 0.2) is 33.6 Å². The van der Waals surface area contributed by atoms with Crippen LogP contribution in [-0.2, 0) is 6.42 Å². The third kappa shape index (κ3) is 3.20. The fourth-order valence-electron chi connectivity index (χ4n) is 1.92. The maximum atomic E-state index is 6.22. The molecule has 2 heterocycles. The summed E-state index contributed by atoms with van der Waals surface area (Å²) in [5.74, 6) is 0.803. The van der Waals surface area contributed by atoms with E-state index in [2.05, 4.69) is 27.9 Å². The van der Waals surface area contributed by atoms with E-state index < -0.39 is 0 Å². The molecule has 108 valence electrons. The number of thiazole rings is 1. The summed E-state index contributed by atoms with van der Waals surface area (Å²) in [5, 5.41) is 1.44. The summed E-state index contributed by atoms with van der Waals surface area (Å²) in [4.78, 5) is 13.6. The van der Waals surface area contributed by atoms with E-state index in [-0.39, 0.29) is 0 Å². The van der Waals surface area contributed by atoms with Gasteiger partial charge in [0.2, 0.25) is 0 Å². The van der Waals surface area contributed by atoms with Crippen molar-refractivity contribution in [2.24, 2.45) is 0 Å². The highest BCUT2D eigenvalue weighted by atomic mass is 35.5. The molecule has 0 saturated heterocycles. The fraction of sp³-hybridized carbons (Fsp3) is 0.267. The number of rotatable bonds is 4. The van der Waals surface area contributed by atoms with Crippen molar-refractivity contribution >= 4 is 44.9 Å². The van der Waals surface area contributed by atoms with Crippen LogP contribution in [-0.4, -0.2) is 15.0 Å². The number of para-hydroxylation sites is 1. The molecule has 0 unspecified atom stereocenters. The van der Waals surface area contributed by atoms with Gasteiger partial charge in [-0.05, 0) is 37.2 Å². The number of aromatic nitrogens is 3. The van der Waals surface area contributed by atoms with Crippen molar-refractivity contribution in [2.45, 2.75) is 36.1 Å². The minimum atomic E-state index is 0.539. The fourth-order valence-corrected chi connectivity index (χ4v) is 4.25.